The standard InChI is InChI=1S/C21H34O3.C20H32O4.C20H34O3.C20H32O3.C20H30O3.C18H28O3.5CH4/c1-2-3-4-14-17-20(22)18-15-12-10-8-6-5-7-9-11-13-16-19-21(23)24;1-2-3-9-13-18(21)14-10-7-5-4-6-8-11-15-19(22)16-12-17-20(23)24;3*1-2-3-13-16-19(21)17-14-11-9-7-5-4-6-8-10-12-15-18-20(22)23;1-2-3-11-14-17(19)15-12-9-7-5-4-6-8-10-13-16-18(20)21;;;;;/h5-6,9-12,15,18,20,22H,2-4,7-8,13-14,16-17,19H2,1H3,(H,23,24);5-8,10-11,14-15,18-19,21-22H,2-4,9,12-13,16-17H2,1H3,(H,23,24);4-5,8-11,19,21H,2-3,6-7,12-18H2,1H3,(H,22,23);4-5,8-11H,2-3,6-7,12-18H2,1H3,(H,22,23);4-5,8-11,14,17H,2-3,6-7,12-13,15-16,18H2,1H3,(H,22,23);4,6-7,9-10,12-13,15,17,19H,2-3,5,8,11,14,16H2,1H3,(H,20,21);5*1H4/b6-5-,11-9-,12-10-,18-15+;7-5-,8-6-,14-10+,15-11+;2*5-4-,10-8-,11-9-;5-4-,10-8-,11-9-,17-14+;6-4-,9-7-,13-10-,15-12+;;;;;. The lowest BCUT2D eigenvalue weighted by Crippen LogP contribution is -2.05. The summed E-state index contributed by atoms with van der Waals surface area (Å²) in [6.07, 6.45) is 133. The number of unbranched alkanes of at least 4 members (excludes halogenated alkanes) is 17. The lowest BCUT2D eigenvalue weighted by molar-refractivity contribution is -0.138. The Kier molecular flexibility index (Phi) is 149. The number of carbonyl (C=O) groups is 8. The van der Waals surface area contributed by atoms with Crippen molar-refractivity contribution in [2.75, 3.05) is 0 Å². The number of Topliss-reactive ketones (excluding diaryl/α,β-unsaturated/α-hetero) is 1. The minimum absolute atomic E-state index is 0. The van der Waals surface area contributed by atoms with Gasteiger partial charge in [0.1, 0.15) is 5.78 Å². The maximum absolute atomic E-state index is 11.5. The number of carboxylic acid groups (broad SMARTS) is 6. The van der Waals surface area contributed by atoms with E-state index in [1.807, 2.05) is 140 Å². The third-order valence-electron chi connectivity index (χ3n) is 20.1. The number of ketones is 2. The topological polar surface area (TPSA) is 359 Å². The van der Waals surface area contributed by atoms with E-state index in [1.165, 1.54) is 44.9 Å². The predicted molar refractivity (Wildman–Crippen MR) is 613 cm³/mol. The van der Waals surface area contributed by atoms with E-state index in [1.54, 1.807) is 24.3 Å². The van der Waals surface area contributed by atoms with Crippen molar-refractivity contribution in [3.05, 3.63) is 267 Å². The number of aliphatic hydroxyl groups is 5. The van der Waals surface area contributed by atoms with E-state index in [-0.39, 0.29) is 106 Å². The van der Waals surface area contributed by atoms with Gasteiger partial charge in [0.2, 0.25) is 0 Å². The lowest BCUT2D eigenvalue weighted by Gasteiger charge is -2.07. The summed E-state index contributed by atoms with van der Waals surface area (Å²) in [6.45, 7) is 12.9. The first-order valence-corrected chi connectivity index (χ1v) is 52.1. The molecule has 0 aromatic rings. The van der Waals surface area contributed by atoms with Gasteiger partial charge in [-0.1, -0.05) is 449 Å². The van der Waals surface area contributed by atoms with Gasteiger partial charge in [-0.05, 0) is 199 Å². The molecule has 0 saturated heterocycles. The lowest BCUT2D eigenvalue weighted by atomic mass is 10.1. The Bertz CT molecular complexity index is 3550. The number of carbonyl (C=O) groups excluding carboxylic acids is 2. The number of aliphatic carboxylic acids is 6. The van der Waals surface area contributed by atoms with Crippen LogP contribution < -0.4 is 0 Å². The van der Waals surface area contributed by atoms with Crippen LogP contribution in [0, 0.1) is 0 Å². The van der Waals surface area contributed by atoms with Gasteiger partial charge in [0.15, 0.2) is 5.78 Å². The fourth-order valence-corrected chi connectivity index (χ4v) is 12.1. The summed E-state index contributed by atoms with van der Waals surface area (Å²) >= 11 is 0. The summed E-state index contributed by atoms with van der Waals surface area (Å²) in [5, 5.41) is 99.4. The van der Waals surface area contributed by atoms with E-state index in [2.05, 4.69) is 145 Å². The molecular formula is C124H210O19. The smallest absolute Gasteiger partial charge is 0.307 e. The minimum Gasteiger partial charge on any atom is -0.481 e. The van der Waals surface area contributed by atoms with Gasteiger partial charge in [-0.3, -0.25) is 38.4 Å². The average Bonchev–Trinajstić information content (AvgIpc) is 1.01. The van der Waals surface area contributed by atoms with Crippen molar-refractivity contribution in [2.24, 2.45) is 0 Å². The Labute approximate surface area is 873 Å². The summed E-state index contributed by atoms with van der Waals surface area (Å²) in [4.78, 5) is 84.9. The molecule has 0 aromatic carbocycles. The number of aliphatic hydroxyl groups excluding tert-OH is 5. The average molecular weight is 2010 g/mol. The molecule has 0 rings (SSSR count). The molecule has 0 radical (unpaired) electrons. The second kappa shape index (κ2) is 136. The molecular weight excluding hydrogens is 1790 g/mol. The highest BCUT2D eigenvalue weighted by atomic mass is 16.4. The van der Waals surface area contributed by atoms with Crippen molar-refractivity contribution >= 4 is 47.4 Å². The van der Waals surface area contributed by atoms with Gasteiger partial charge >= 0.3 is 35.8 Å². The second-order valence-corrected chi connectivity index (χ2v) is 33.6. The Morgan fingerprint density at radius 1 is 0.196 bits per heavy atom. The maximum atomic E-state index is 11.5. The Morgan fingerprint density at radius 2 is 0.434 bits per heavy atom. The molecule has 143 heavy (non-hydrogen) atoms. The Balaban J connectivity index is -0.000000161. The van der Waals surface area contributed by atoms with Crippen molar-refractivity contribution < 1.29 is 94.5 Å². The van der Waals surface area contributed by atoms with Crippen LogP contribution in [0.2, 0.25) is 0 Å². The number of rotatable bonds is 85. The summed E-state index contributed by atoms with van der Waals surface area (Å²) in [5.74, 6) is -3.97. The highest BCUT2D eigenvalue weighted by Gasteiger charge is 2.06. The third kappa shape index (κ3) is 163. The molecule has 0 aromatic heterocycles. The molecule has 820 valence electrons. The highest BCUT2D eigenvalue weighted by molar-refractivity contribution is 5.89. The van der Waals surface area contributed by atoms with Crippen LogP contribution in [-0.4, -0.2) is 134 Å². The highest BCUT2D eigenvalue weighted by Crippen LogP contribution is 2.14. The van der Waals surface area contributed by atoms with E-state index >= 15 is 0 Å². The molecule has 5 unspecified atom stereocenters. The van der Waals surface area contributed by atoms with Crippen LogP contribution in [0.25, 0.3) is 0 Å². The molecule has 0 aliphatic carbocycles. The second-order valence-electron chi connectivity index (χ2n) is 33.6. The molecule has 0 amide bonds. The van der Waals surface area contributed by atoms with E-state index in [0.29, 0.717) is 57.1 Å². The van der Waals surface area contributed by atoms with Gasteiger partial charge in [0.25, 0.3) is 0 Å². The molecule has 11 N–H and O–H groups in total. The molecule has 5 atom stereocenters. The summed E-state index contributed by atoms with van der Waals surface area (Å²) in [6, 6.07) is 0. The van der Waals surface area contributed by atoms with Crippen LogP contribution in [0.15, 0.2) is 267 Å². The quantitative estimate of drug-likeness (QED) is 0.0117. The van der Waals surface area contributed by atoms with Crippen LogP contribution in [-0.2, 0) is 38.4 Å². The number of hydrogen-bond donors (Lipinski definition) is 11. The zero-order valence-electron chi connectivity index (χ0n) is 86.1. The molecule has 19 nitrogen and oxygen atoms in total. The molecule has 0 heterocycles. The first-order chi connectivity index (χ1) is 66.9. The van der Waals surface area contributed by atoms with Crippen LogP contribution in [0.1, 0.15) is 438 Å². The minimum atomic E-state index is -0.833. The summed E-state index contributed by atoms with van der Waals surface area (Å²) in [7, 11) is 0. The van der Waals surface area contributed by atoms with Gasteiger partial charge in [-0.2, -0.15) is 0 Å². The van der Waals surface area contributed by atoms with Gasteiger partial charge in [0.05, 0.1) is 36.9 Å². The Morgan fingerprint density at radius 3 is 0.748 bits per heavy atom. The predicted octanol–water partition coefficient (Wildman–Crippen LogP) is 33.8. The maximum Gasteiger partial charge on any atom is 0.307 e. The largest absolute Gasteiger partial charge is 0.481 e. The van der Waals surface area contributed by atoms with Crippen molar-refractivity contribution in [1.29, 1.82) is 0 Å². The van der Waals surface area contributed by atoms with E-state index < -0.39 is 41.9 Å². The molecule has 0 fully saturated rings. The van der Waals surface area contributed by atoms with E-state index in [4.69, 9.17) is 30.6 Å². The van der Waals surface area contributed by atoms with Crippen LogP contribution in [0.4, 0.5) is 0 Å². The number of hydrogen-bond acceptors (Lipinski definition) is 13. The van der Waals surface area contributed by atoms with Crippen molar-refractivity contribution in [3.8, 4) is 0 Å². The zero-order valence-corrected chi connectivity index (χ0v) is 86.1. The zero-order chi connectivity index (χ0) is 103. The normalized spacial score (nSPS) is 12.9. The van der Waals surface area contributed by atoms with Crippen LogP contribution in [0.5, 0.6) is 0 Å². The monoisotopic (exact) mass is 2000 g/mol. The summed E-state index contributed by atoms with van der Waals surface area (Å²) in [5.41, 5.74) is 0. The molecule has 0 spiro atoms. The molecule has 0 aliphatic rings. The van der Waals surface area contributed by atoms with Crippen molar-refractivity contribution in [1.82, 2.24) is 0 Å². The van der Waals surface area contributed by atoms with Gasteiger partial charge in [-0.15, -0.1) is 0 Å². The van der Waals surface area contributed by atoms with Gasteiger partial charge < -0.3 is 56.2 Å². The molecule has 19 heteroatoms. The van der Waals surface area contributed by atoms with Crippen LogP contribution >= 0.6 is 0 Å². The van der Waals surface area contributed by atoms with Crippen molar-refractivity contribution in [3.63, 3.8) is 0 Å². The first-order valence-electron chi connectivity index (χ1n) is 52.1. The summed E-state index contributed by atoms with van der Waals surface area (Å²) < 4.78 is 0. The van der Waals surface area contributed by atoms with Crippen molar-refractivity contribution in [2.45, 2.75) is 469 Å². The fourth-order valence-electron chi connectivity index (χ4n) is 12.1. The molecule has 0 saturated carbocycles. The Hall–Kier alpha value is -9.76. The van der Waals surface area contributed by atoms with E-state index in [0.717, 1.165) is 225 Å². The number of allylic oxidation sites excluding steroid dienone is 39. The number of carboxylic acids is 6. The molecule has 0 aliphatic heterocycles. The first kappa shape index (κ1) is 156. The molecule has 0 bridgehead atoms. The van der Waals surface area contributed by atoms with E-state index in [9.17, 15) is 63.9 Å². The van der Waals surface area contributed by atoms with Gasteiger partial charge in [0, 0.05) is 51.4 Å². The van der Waals surface area contributed by atoms with Crippen LogP contribution in [0.3, 0.4) is 0 Å². The SMILES string of the molecule is C.C.C.C.C.CCCCCC(=O)/C=C/C=C\C/C=C\C/C=C\CCCC(=O)O.CCCCCC(=O)CC/C=C\C/C=C\C/C=C\CCCC(=O)O.CCCCCC(O)/C=C/C=C\C/C=C\C/C=C\CC(=O)O.CCCCCC(O)/C=C/C=C\C/C=C\C=C\C(O)CCCC(=O)O.CCCCCC(O)CC/C=C\C/C=C\C/C=C\CCCC(=O)O.CCCCCCC(O)/C=C/C=C\C/C=C\C/C=C\CCCC(=O)O. The third-order valence-corrected chi connectivity index (χ3v) is 20.1. The fraction of sp³-hybridized carbons (Fsp3) is 0.581. The van der Waals surface area contributed by atoms with Gasteiger partial charge in [-0.25, -0.2) is 0 Å².